The fourth-order valence-corrected chi connectivity index (χ4v) is 1.26. The molecule has 1 N–H and O–H groups in total. The summed E-state index contributed by atoms with van der Waals surface area (Å²) < 4.78 is 1.28. The maximum atomic E-state index is 11.4. The van der Waals surface area contributed by atoms with Gasteiger partial charge in [0, 0.05) is 12.6 Å². The lowest BCUT2D eigenvalue weighted by Gasteiger charge is -2.11. The van der Waals surface area contributed by atoms with Gasteiger partial charge in [-0.2, -0.15) is 0 Å². The Balaban J connectivity index is 3.23. The lowest BCUT2D eigenvalue weighted by molar-refractivity contribution is 0.0682. The normalized spacial score (nSPS) is 10.5. The molecule has 14 heavy (non-hydrogen) atoms. The maximum absolute atomic E-state index is 11.4. The van der Waals surface area contributed by atoms with Crippen molar-refractivity contribution in [3.05, 3.63) is 34.2 Å². The Kier molecular flexibility index (Phi) is 3.06. The summed E-state index contributed by atoms with van der Waals surface area (Å²) >= 11 is 0. The molecule has 0 saturated carbocycles. The summed E-state index contributed by atoms with van der Waals surface area (Å²) in [7, 11) is 0. The van der Waals surface area contributed by atoms with Gasteiger partial charge in [0.25, 0.3) is 5.56 Å². The molecule has 0 spiro atoms. The van der Waals surface area contributed by atoms with Crippen LogP contribution in [0.15, 0.2) is 23.0 Å². The second kappa shape index (κ2) is 4.09. The predicted molar refractivity (Wildman–Crippen MR) is 52.5 cm³/mol. The molecule has 0 atom stereocenters. The molecule has 1 aromatic rings. The second-order valence-corrected chi connectivity index (χ2v) is 3.56. The first-order valence-electron chi connectivity index (χ1n) is 4.45. The summed E-state index contributed by atoms with van der Waals surface area (Å²) in [4.78, 5) is 22.2. The van der Waals surface area contributed by atoms with Gasteiger partial charge >= 0.3 is 5.97 Å². The van der Waals surface area contributed by atoms with Crippen LogP contribution in [0.5, 0.6) is 0 Å². The van der Waals surface area contributed by atoms with Crippen LogP contribution in [-0.2, 0) is 6.54 Å². The first-order valence-corrected chi connectivity index (χ1v) is 4.45. The number of nitrogens with zero attached hydrogens (tertiary/aromatic N) is 1. The van der Waals surface area contributed by atoms with E-state index in [1.165, 1.54) is 22.8 Å². The number of hydrogen-bond donors (Lipinski definition) is 1. The molecular formula is C10H13NO3. The van der Waals surface area contributed by atoms with E-state index in [0.717, 1.165) is 0 Å². The smallest absolute Gasteiger partial charge is 0.352 e. The molecule has 1 heterocycles. The molecular weight excluding hydrogens is 182 g/mol. The summed E-state index contributed by atoms with van der Waals surface area (Å²) in [6.07, 6.45) is 0. The maximum Gasteiger partial charge on any atom is 0.352 e. The minimum absolute atomic E-state index is 0.0474. The Morgan fingerprint density at radius 3 is 2.64 bits per heavy atom. The number of carboxylic acids is 1. The van der Waals surface area contributed by atoms with E-state index >= 15 is 0 Å². The second-order valence-electron chi connectivity index (χ2n) is 3.56. The monoisotopic (exact) mass is 195 g/mol. The highest BCUT2D eigenvalue weighted by Crippen LogP contribution is 2.01. The third kappa shape index (κ3) is 2.22. The quantitative estimate of drug-likeness (QED) is 0.788. The van der Waals surface area contributed by atoms with Crippen LogP contribution in [0.4, 0.5) is 0 Å². The van der Waals surface area contributed by atoms with Gasteiger partial charge in [-0.05, 0) is 12.0 Å². The van der Waals surface area contributed by atoms with Crippen molar-refractivity contribution in [2.24, 2.45) is 5.92 Å². The summed E-state index contributed by atoms with van der Waals surface area (Å²) in [5.74, 6) is -0.823. The molecule has 0 amide bonds. The third-order valence-corrected chi connectivity index (χ3v) is 1.82. The van der Waals surface area contributed by atoms with Crippen LogP contribution in [0.3, 0.4) is 0 Å². The van der Waals surface area contributed by atoms with Crippen LogP contribution in [0, 0.1) is 5.92 Å². The minimum atomic E-state index is -1.07. The lowest BCUT2D eigenvalue weighted by Crippen LogP contribution is -2.26. The van der Waals surface area contributed by atoms with Gasteiger partial charge in [-0.1, -0.05) is 19.9 Å². The molecule has 0 unspecified atom stereocenters. The SMILES string of the molecule is CC(C)Cn1c(C(=O)O)cccc1=O. The number of aromatic carboxylic acids is 1. The van der Waals surface area contributed by atoms with E-state index in [0.29, 0.717) is 6.54 Å². The zero-order valence-corrected chi connectivity index (χ0v) is 8.23. The van der Waals surface area contributed by atoms with Crippen LogP contribution < -0.4 is 5.56 Å². The number of pyridine rings is 1. The van der Waals surface area contributed by atoms with Crippen molar-refractivity contribution in [2.45, 2.75) is 20.4 Å². The van der Waals surface area contributed by atoms with Gasteiger partial charge in [-0.25, -0.2) is 4.79 Å². The number of rotatable bonds is 3. The first-order chi connectivity index (χ1) is 6.52. The van der Waals surface area contributed by atoms with E-state index in [4.69, 9.17) is 5.11 Å². The van der Waals surface area contributed by atoms with Gasteiger partial charge in [0.05, 0.1) is 0 Å². The highest BCUT2D eigenvalue weighted by Gasteiger charge is 2.10. The van der Waals surface area contributed by atoms with Crippen LogP contribution >= 0.6 is 0 Å². The van der Waals surface area contributed by atoms with E-state index in [-0.39, 0.29) is 17.2 Å². The van der Waals surface area contributed by atoms with E-state index in [1.54, 1.807) is 0 Å². The number of carbonyl (C=O) groups is 1. The van der Waals surface area contributed by atoms with Crippen LogP contribution in [0.25, 0.3) is 0 Å². The topological polar surface area (TPSA) is 59.3 Å². The average Bonchev–Trinajstić information content (AvgIpc) is 2.07. The standard InChI is InChI=1S/C10H13NO3/c1-7(2)6-11-8(10(13)14)4-3-5-9(11)12/h3-5,7H,6H2,1-2H3,(H,13,14). The molecule has 0 aliphatic carbocycles. The molecule has 0 radical (unpaired) electrons. The average molecular weight is 195 g/mol. The largest absolute Gasteiger partial charge is 0.477 e. The zero-order valence-electron chi connectivity index (χ0n) is 8.23. The Morgan fingerprint density at radius 2 is 2.14 bits per heavy atom. The van der Waals surface area contributed by atoms with Crippen LogP contribution in [0.1, 0.15) is 24.3 Å². The molecule has 4 heteroatoms. The first kappa shape index (κ1) is 10.5. The summed E-state index contributed by atoms with van der Waals surface area (Å²) in [6, 6.07) is 4.27. The highest BCUT2D eigenvalue weighted by molar-refractivity contribution is 5.85. The number of aromatic nitrogens is 1. The Hall–Kier alpha value is -1.58. The Labute approximate surface area is 81.8 Å². The van der Waals surface area contributed by atoms with Crippen molar-refractivity contribution < 1.29 is 9.90 Å². The fourth-order valence-electron chi connectivity index (χ4n) is 1.26. The van der Waals surface area contributed by atoms with Crippen molar-refractivity contribution in [3.8, 4) is 0 Å². The summed E-state index contributed by atoms with van der Waals surface area (Å²) in [6.45, 7) is 4.30. The molecule has 1 aromatic heterocycles. The number of carboxylic acid groups (broad SMARTS) is 1. The van der Waals surface area contributed by atoms with Crippen LogP contribution in [0.2, 0.25) is 0 Å². The molecule has 0 bridgehead atoms. The van der Waals surface area contributed by atoms with Gasteiger partial charge in [0.15, 0.2) is 0 Å². The van der Waals surface area contributed by atoms with Crippen molar-refractivity contribution in [1.29, 1.82) is 0 Å². The van der Waals surface area contributed by atoms with Gasteiger partial charge in [-0.15, -0.1) is 0 Å². The van der Waals surface area contributed by atoms with Gasteiger partial charge < -0.3 is 9.67 Å². The molecule has 0 aliphatic rings. The van der Waals surface area contributed by atoms with E-state index in [1.807, 2.05) is 13.8 Å². The number of hydrogen-bond acceptors (Lipinski definition) is 2. The third-order valence-electron chi connectivity index (χ3n) is 1.82. The lowest BCUT2D eigenvalue weighted by atomic mass is 10.2. The predicted octanol–water partition coefficient (Wildman–Crippen LogP) is 1.20. The minimum Gasteiger partial charge on any atom is -0.477 e. The van der Waals surface area contributed by atoms with E-state index in [2.05, 4.69) is 0 Å². The molecule has 0 saturated heterocycles. The fraction of sp³-hybridized carbons (Fsp3) is 0.400. The van der Waals surface area contributed by atoms with Crippen LogP contribution in [-0.4, -0.2) is 15.6 Å². The molecule has 0 aliphatic heterocycles. The zero-order chi connectivity index (χ0) is 10.7. The highest BCUT2D eigenvalue weighted by atomic mass is 16.4. The Morgan fingerprint density at radius 1 is 1.50 bits per heavy atom. The van der Waals surface area contributed by atoms with Gasteiger partial charge in [0.2, 0.25) is 0 Å². The van der Waals surface area contributed by atoms with Gasteiger partial charge in [-0.3, -0.25) is 4.79 Å². The molecule has 4 nitrogen and oxygen atoms in total. The molecule has 1 rings (SSSR count). The van der Waals surface area contributed by atoms with Crippen molar-refractivity contribution in [2.75, 3.05) is 0 Å². The molecule has 0 fully saturated rings. The van der Waals surface area contributed by atoms with Crippen molar-refractivity contribution in [3.63, 3.8) is 0 Å². The summed E-state index contributed by atoms with van der Waals surface area (Å²) in [5, 5.41) is 8.84. The van der Waals surface area contributed by atoms with Gasteiger partial charge in [0.1, 0.15) is 5.69 Å². The summed E-state index contributed by atoms with van der Waals surface area (Å²) in [5.41, 5.74) is -0.218. The Bertz CT molecular complexity index is 393. The molecule has 76 valence electrons. The van der Waals surface area contributed by atoms with Crippen molar-refractivity contribution >= 4 is 5.97 Å². The molecule has 0 aromatic carbocycles. The van der Waals surface area contributed by atoms with E-state index in [9.17, 15) is 9.59 Å². The van der Waals surface area contributed by atoms with E-state index < -0.39 is 5.97 Å². The van der Waals surface area contributed by atoms with Crippen molar-refractivity contribution in [1.82, 2.24) is 4.57 Å².